The van der Waals surface area contributed by atoms with Crippen molar-refractivity contribution in [1.82, 2.24) is 5.32 Å². The lowest BCUT2D eigenvalue weighted by Crippen LogP contribution is -2.61. The van der Waals surface area contributed by atoms with Crippen molar-refractivity contribution in [1.29, 1.82) is 0 Å². The van der Waals surface area contributed by atoms with Crippen molar-refractivity contribution in [2.24, 2.45) is 0 Å². The lowest BCUT2D eigenvalue weighted by atomic mass is 9.99. The minimum Gasteiger partial charge on any atom is -0.394 e. The van der Waals surface area contributed by atoms with E-state index < -0.39 is 59.9 Å². The van der Waals surface area contributed by atoms with E-state index in [1.807, 2.05) is 6.08 Å². The number of carbonyl (C=O) groups excluding carboxylic acids is 1. The first-order valence-electron chi connectivity index (χ1n) is 25.1. The quantitative estimate of drug-likeness (QED) is 0.0194. The number of rotatable bonds is 43. The molecule has 12 nitrogen and oxygen atoms in total. The Hall–Kier alpha value is -1.16. The third kappa shape index (κ3) is 32.2. The van der Waals surface area contributed by atoms with Gasteiger partial charge in [-0.3, -0.25) is 9.35 Å². The second-order valence-corrected chi connectivity index (χ2v) is 18.8. The fraction of sp³-hybridized carbons (Fsp3) is 0.938. The van der Waals surface area contributed by atoms with Crippen LogP contribution in [0.3, 0.4) is 0 Å². The van der Waals surface area contributed by atoms with Crippen molar-refractivity contribution in [2.45, 2.75) is 275 Å². The Balaban J connectivity index is 2.46. The standard InChI is InChI=1S/C48H93NO11S/c1-3-5-7-9-11-13-15-17-19-20-21-22-23-24-25-27-29-31-33-35-37-42(51)41(40-58-48-46(54)47(60-61(55,56)57)45(53)43(39-50)59-48)49-44(52)38-36-34-32-30-28-26-18-16-14-12-10-8-6-4-2/h35,37,41-43,45-48,50-51,53-54H,3-34,36,38-40H2,1-2H3,(H,49,52)(H,55,56,57)/b37-35+. The highest BCUT2D eigenvalue weighted by Gasteiger charge is 2.48. The van der Waals surface area contributed by atoms with E-state index in [4.69, 9.17) is 9.47 Å². The van der Waals surface area contributed by atoms with Gasteiger partial charge >= 0.3 is 10.4 Å². The van der Waals surface area contributed by atoms with Crippen molar-refractivity contribution >= 4 is 16.3 Å². The van der Waals surface area contributed by atoms with Gasteiger partial charge < -0.3 is 35.2 Å². The fourth-order valence-corrected chi connectivity index (χ4v) is 8.67. The predicted molar refractivity (Wildman–Crippen MR) is 246 cm³/mol. The molecule has 1 fully saturated rings. The summed E-state index contributed by atoms with van der Waals surface area (Å²) in [6, 6.07) is -0.938. The summed E-state index contributed by atoms with van der Waals surface area (Å²) in [6.07, 6.45) is 35.3. The van der Waals surface area contributed by atoms with Crippen molar-refractivity contribution in [2.75, 3.05) is 13.2 Å². The molecular weight excluding hydrogens is 799 g/mol. The number of hydrogen-bond acceptors (Lipinski definition) is 10. The number of ether oxygens (including phenoxy) is 2. The van der Waals surface area contributed by atoms with E-state index >= 15 is 0 Å². The Morgan fingerprint density at radius 1 is 0.639 bits per heavy atom. The molecule has 0 aromatic heterocycles. The van der Waals surface area contributed by atoms with Crippen LogP contribution >= 0.6 is 0 Å². The number of unbranched alkanes of at least 4 members (excludes halogenated alkanes) is 31. The van der Waals surface area contributed by atoms with Crippen LogP contribution in [0.1, 0.15) is 232 Å². The van der Waals surface area contributed by atoms with Gasteiger partial charge in [-0.1, -0.05) is 219 Å². The summed E-state index contributed by atoms with van der Waals surface area (Å²) in [5, 5.41) is 44.8. The van der Waals surface area contributed by atoms with Gasteiger partial charge in [0.2, 0.25) is 5.91 Å². The van der Waals surface area contributed by atoms with Gasteiger partial charge in [0.05, 0.1) is 25.4 Å². The molecule has 6 N–H and O–H groups in total. The molecule has 0 spiro atoms. The highest BCUT2D eigenvalue weighted by Crippen LogP contribution is 2.26. The molecule has 7 atom stereocenters. The zero-order valence-corrected chi connectivity index (χ0v) is 39.6. The molecule has 0 radical (unpaired) electrons. The molecule has 362 valence electrons. The van der Waals surface area contributed by atoms with Crippen LogP contribution in [0.4, 0.5) is 0 Å². The Bertz CT molecular complexity index is 1140. The van der Waals surface area contributed by atoms with Crippen LogP contribution in [-0.2, 0) is 28.9 Å². The summed E-state index contributed by atoms with van der Waals surface area (Å²) in [4.78, 5) is 13.0. The molecule has 0 aromatic rings. The second-order valence-electron chi connectivity index (χ2n) is 17.8. The molecule has 7 unspecified atom stereocenters. The predicted octanol–water partition coefficient (Wildman–Crippen LogP) is 10.3. The zero-order chi connectivity index (χ0) is 44.8. The van der Waals surface area contributed by atoms with Gasteiger partial charge in [-0.15, -0.1) is 0 Å². The third-order valence-corrected chi connectivity index (χ3v) is 12.5. The summed E-state index contributed by atoms with van der Waals surface area (Å²) in [7, 11) is -5.08. The molecule has 1 saturated heterocycles. The molecule has 0 aromatic carbocycles. The molecule has 1 aliphatic rings. The van der Waals surface area contributed by atoms with Crippen molar-refractivity contribution in [3.05, 3.63) is 12.2 Å². The van der Waals surface area contributed by atoms with Crippen molar-refractivity contribution in [3.63, 3.8) is 0 Å². The molecule has 1 rings (SSSR count). The first kappa shape index (κ1) is 57.9. The zero-order valence-electron chi connectivity index (χ0n) is 38.7. The smallest absolute Gasteiger partial charge is 0.394 e. The van der Waals surface area contributed by atoms with Crippen LogP contribution < -0.4 is 5.32 Å². The number of allylic oxidation sites excluding steroid dienone is 1. The minimum absolute atomic E-state index is 0.259. The van der Waals surface area contributed by atoms with Gasteiger partial charge in [-0.05, 0) is 19.3 Å². The monoisotopic (exact) mass is 892 g/mol. The van der Waals surface area contributed by atoms with E-state index in [2.05, 4.69) is 23.3 Å². The lowest BCUT2D eigenvalue weighted by molar-refractivity contribution is -0.298. The fourth-order valence-electron chi connectivity index (χ4n) is 8.16. The van der Waals surface area contributed by atoms with Crippen LogP contribution in [0.5, 0.6) is 0 Å². The van der Waals surface area contributed by atoms with Gasteiger partial charge in [0.15, 0.2) is 6.29 Å². The van der Waals surface area contributed by atoms with E-state index in [9.17, 15) is 38.2 Å². The highest BCUT2D eigenvalue weighted by atomic mass is 32.3. The van der Waals surface area contributed by atoms with E-state index in [0.29, 0.717) is 6.42 Å². The lowest BCUT2D eigenvalue weighted by Gasteiger charge is -2.41. The number of nitrogens with one attached hydrogen (secondary N) is 1. The summed E-state index contributed by atoms with van der Waals surface area (Å²) in [6.45, 7) is 3.41. The number of carbonyl (C=O) groups is 1. The van der Waals surface area contributed by atoms with Gasteiger partial charge in [-0.2, -0.15) is 8.42 Å². The van der Waals surface area contributed by atoms with E-state index in [0.717, 1.165) is 38.5 Å². The molecule has 0 aliphatic carbocycles. The van der Waals surface area contributed by atoms with Gasteiger partial charge in [0.25, 0.3) is 0 Å². The maximum Gasteiger partial charge on any atom is 0.397 e. The summed E-state index contributed by atoms with van der Waals surface area (Å²) in [5.41, 5.74) is 0. The molecule has 0 bridgehead atoms. The normalized spacial score (nSPS) is 20.7. The van der Waals surface area contributed by atoms with Gasteiger partial charge in [-0.25, -0.2) is 4.18 Å². The maximum atomic E-state index is 13.0. The Kier molecular flexibility index (Phi) is 37.2. The van der Waals surface area contributed by atoms with Crippen LogP contribution in [-0.4, -0.2) is 95.4 Å². The van der Waals surface area contributed by atoms with Gasteiger partial charge in [0.1, 0.15) is 24.4 Å². The Morgan fingerprint density at radius 2 is 1.03 bits per heavy atom. The molecule has 0 saturated carbocycles. The van der Waals surface area contributed by atoms with Crippen LogP contribution in [0.15, 0.2) is 12.2 Å². The first-order chi connectivity index (χ1) is 29.5. The van der Waals surface area contributed by atoms with E-state index in [1.165, 1.54) is 167 Å². The summed E-state index contributed by atoms with van der Waals surface area (Å²) < 4.78 is 47.7. The summed E-state index contributed by atoms with van der Waals surface area (Å²) in [5.74, 6) is -0.259. The minimum atomic E-state index is -5.08. The second kappa shape index (κ2) is 39.2. The number of hydrogen-bond donors (Lipinski definition) is 6. The molecule has 13 heteroatoms. The molecule has 1 heterocycles. The third-order valence-electron chi connectivity index (χ3n) is 12.1. The van der Waals surface area contributed by atoms with Gasteiger partial charge in [0, 0.05) is 6.42 Å². The SMILES string of the molecule is CCCCCCCCCCCCCCCCCCCC/C=C/C(O)C(COC1OC(CO)C(O)C(OS(=O)(=O)O)C1O)NC(=O)CCCCCCCCCCCCCCCC. The number of aliphatic hydroxyl groups excluding tert-OH is 4. The van der Waals surface area contributed by atoms with E-state index in [1.54, 1.807) is 6.08 Å². The highest BCUT2D eigenvalue weighted by molar-refractivity contribution is 7.80. The first-order valence-corrected chi connectivity index (χ1v) is 26.4. The summed E-state index contributed by atoms with van der Waals surface area (Å²) >= 11 is 0. The molecule has 61 heavy (non-hydrogen) atoms. The largest absolute Gasteiger partial charge is 0.397 e. The topological polar surface area (TPSA) is 192 Å². The Morgan fingerprint density at radius 3 is 1.43 bits per heavy atom. The number of aliphatic hydroxyl groups is 4. The molecule has 1 amide bonds. The molecular formula is C48H93NO11S. The average molecular weight is 892 g/mol. The molecule has 1 aliphatic heterocycles. The van der Waals surface area contributed by atoms with Crippen LogP contribution in [0.25, 0.3) is 0 Å². The van der Waals surface area contributed by atoms with Crippen LogP contribution in [0, 0.1) is 0 Å². The Labute approximate surface area is 372 Å². The average Bonchev–Trinajstić information content (AvgIpc) is 3.23. The van der Waals surface area contributed by atoms with E-state index in [-0.39, 0.29) is 18.9 Å². The van der Waals surface area contributed by atoms with Crippen LogP contribution in [0.2, 0.25) is 0 Å². The van der Waals surface area contributed by atoms with Crippen molar-refractivity contribution in [3.8, 4) is 0 Å². The van der Waals surface area contributed by atoms with Crippen molar-refractivity contribution < 1.29 is 51.8 Å². The number of amides is 1. The maximum absolute atomic E-state index is 13.0.